The highest BCUT2D eigenvalue weighted by Crippen LogP contribution is 2.33. The highest BCUT2D eigenvalue weighted by atomic mass is 35.5. The second-order valence-electron chi connectivity index (χ2n) is 7.97. The van der Waals surface area contributed by atoms with Crippen molar-refractivity contribution in [1.82, 2.24) is 10.6 Å². The van der Waals surface area contributed by atoms with Crippen LogP contribution in [-0.4, -0.2) is 56.1 Å². The lowest BCUT2D eigenvalue weighted by Gasteiger charge is -2.29. The first-order chi connectivity index (χ1) is 16.3. The number of carbonyl (C=O) groups is 3. The second-order valence-corrected chi connectivity index (χ2v) is 9.68. The van der Waals surface area contributed by atoms with Gasteiger partial charge in [-0.2, -0.15) is 0 Å². The largest absolute Gasteiger partial charge is 0.370 e. The van der Waals surface area contributed by atoms with E-state index in [-0.39, 0.29) is 55.2 Å². The van der Waals surface area contributed by atoms with Gasteiger partial charge in [0.15, 0.2) is 0 Å². The first-order valence-corrected chi connectivity index (χ1v) is 11.9. The molecule has 2 fully saturated rings. The summed E-state index contributed by atoms with van der Waals surface area (Å²) in [6.45, 7) is 0.273. The van der Waals surface area contributed by atoms with Crippen LogP contribution in [0.1, 0.15) is 34.5 Å². The van der Waals surface area contributed by atoms with Gasteiger partial charge in [0, 0.05) is 30.4 Å². The smallest absolute Gasteiger partial charge is 0.265 e. The maximum Gasteiger partial charge on any atom is 0.265 e. The van der Waals surface area contributed by atoms with Crippen molar-refractivity contribution in [2.45, 2.75) is 31.4 Å². The molecule has 1 aliphatic heterocycles. The molecule has 4 rings (SSSR count). The van der Waals surface area contributed by atoms with Crippen molar-refractivity contribution in [1.29, 1.82) is 0 Å². The van der Waals surface area contributed by atoms with Crippen molar-refractivity contribution >= 4 is 52.0 Å². The molecule has 2 aromatic rings. The number of rotatable bonds is 9. The molecule has 1 aromatic heterocycles. The molecule has 0 spiro atoms. The van der Waals surface area contributed by atoms with Crippen LogP contribution in [-0.2, 0) is 14.3 Å². The Morgan fingerprint density at radius 1 is 1.24 bits per heavy atom. The van der Waals surface area contributed by atoms with Crippen LogP contribution in [0.25, 0.3) is 0 Å². The Bertz CT molecular complexity index is 1080. The highest BCUT2D eigenvalue weighted by molar-refractivity contribution is 7.18. The minimum atomic E-state index is -2.85. The van der Waals surface area contributed by atoms with E-state index in [1.807, 2.05) is 0 Å². The van der Waals surface area contributed by atoms with Gasteiger partial charge in [0.1, 0.15) is 12.6 Å². The van der Waals surface area contributed by atoms with E-state index in [4.69, 9.17) is 16.3 Å². The molecule has 0 radical (unpaired) electrons. The molecule has 1 atom stereocenters. The maximum absolute atomic E-state index is 13.8. The summed E-state index contributed by atoms with van der Waals surface area (Å²) in [7, 11) is 0. The van der Waals surface area contributed by atoms with Crippen LogP contribution < -0.4 is 20.9 Å². The molecule has 0 bridgehead atoms. The lowest BCUT2D eigenvalue weighted by atomic mass is 10.1. The fourth-order valence-corrected chi connectivity index (χ4v) is 4.49. The maximum atomic E-state index is 13.8. The molecule has 182 valence electrons. The molecule has 0 unspecified atom stereocenters. The molecule has 3 N–H and O–H groups in total. The van der Waals surface area contributed by atoms with Crippen molar-refractivity contribution in [2.24, 2.45) is 0 Å². The first-order valence-electron chi connectivity index (χ1n) is 10.7. The zero-order valence-electron chi connectivity index (χ0n) is 18.0. The summed E-state index contributed by atoms with van der Waals surface area (Å²) in [5.41, 5.74) is -0.0952. The van der Waals surface area contributed by atoms with Crippen LogP contribution in [0.15, 0.2) is 30.3 Å². The number of hydrogen-bond donors (Lipinski definition) is 3. The number of morpholine rings is 1. The number of nitrogens with one attached hydrogen (secondary N) is 3. The SMILES string of the molecule is O=C(NC[C@@H](NC1CC1)C(=O)Nc1ccc(N2CCOCC2=O)c(C(F)F)c1)c1ccc(Cl)s1. The van der Waals surface area contributed by atoms with Gasteiger partial charge in [0.05, 0.1) is 21.5 Å². The number of amides is 3. The molecule has 1 saturated carbocycles. The Morgan fingerprint density at radius 3 is 2.68 bits per heavy atom. The van der Waals surface area contributed by atoms with Crippen LogP contribution in [0, 0.1) is 0 Å². The van der Waals surface area contributed by atoms with Gasteiger partial charge in [-0.15, -0.1) is 11.3 Å². The Hall–Kier alpha value is -2.60. The molecular weight excluding hydrogens is 490 g/mol. The van der Waals surface area contributed by atoms with Gasteiger partial charge in [-0.05, 0) is 43.2 Å². The van der Waals surface area contributed by atoms with Gasteiger partial charge in [-0.1, -0.05) is 11.6 Å². The summed E-state index contributed by atoms with van der Waals surface area (Å²) < 4.78 is 33.1. The third-order valence-electron chi connectivity index (χ3n) is 5.40. The van der Waals surface area contributed by atoms with Crippen LogP contribution in [0.5, 0.6) is 0 Å². The van der Waals surface area contributed by atoms with E-state index < -0.39 is 24.3 Å². The summed E-state index contributed by atoms with van der Waals surface area (Å²) in [5, 5.41) is 8.52. The van der Waals surface area contributed by atoms with Crippen molar-refractivity contribution in [3.63, 3.8) is 0 Å². The van der Waals surface area contributed by atoms with Crippen LogP contribution in [0.2, 0.25) is 4.34 Å². The zero-order valence-corrected chi connectivity index (χ0v) is 19.6. The third kappa shape index (κ3) is 6.09. The fraction of sp³-hybridized carbons (Fsp3) is 0.409. The number of benzene rings is 1. The summed E-state index contributed by atoms with van der Waals surface area (Å²) in [5.74, 6) is -1.22. The molecule has 2 aliphatic rings. The van der Waals surface area contributed by atoms with E-state index in [1.165, 1.54) is 23.1 Å². The predicted molar refractivity (Wildman–Crippen MR) is 125 cm³/mol. The minimum absolute atomic E-state index is 0.0127. The lowest BCUT2D eigenvalue weighted by Crippen LogP contribution is -2.49. The quantitative estimate of drug-likeness (QED) is 0.479. The predicted octanol–water partition coefficient (Wildman–Crippen LogP) is 3.19. The van der Waals surface area contributed by atoms with Crippen molar-refractivity contribution in [3.8, 4) is 0 Å². The monoisotopic (exact) mass is 512 g/mol. The molecule has 1 aromatic carbocycles. The van der Waals surface area contributed by atoms with Crippen LogP contribution in [0.4, 0.5) is 20.2 Å². The molecule has 3 amide bonds. The van der Waals surface area contributed by atoms with E-state index in [9.17, 15) is 23.2 Å². The number of anilines is 2. The van der Waals surface area contributed by atoms with E-state index in [0.717, 1.165) is 24.2 Å². The van der Waals surface area contributed by atoms with E-state index >= 15 is 0 Å². The zero-order chi connectivity index (χ0) is 24.2. The van der Waals surface area contributed by atoms with Crippen LogP contribution in [0.3, 0.4) is 0 Å². The number of alkyl halides is 2. The van der Waals surface area contributed by atoms with Crippen molar-refractivity contribution in [3.05, 3.63) is 45.1 Å². The van der Waals surface area contributed by atoms with E-state index in [0.29, 0.717) is 9.21 Å². The number of halogens is 3. The summed E-state index contributed by atoms with van der Waals surface area (Å²) in [6, 6.07) is 6.65. The van der Waals surface area contributed by atoms with Gasteiger partial charge < -0.3 is 25.6 Å². The molecular formula is C22H23ClF2N4O4S. The Morgan fingerprint density at radius 2 is 2.03 bits per heavy atom. The fourth-order valence-electron chi connectivity index (χ4n) is 3.54. The summed E-state index contributed by atoms with van der Waals surface area (Å²) in [6.07, 6.45) is -1.02. The van der Waals surface area contributed by atoms with Crippen molar-refractivity contribution < 1.29 is 27.9 Å². The van der Waals surface area contributed by atoms with Crippen LogP contribution >= 0.6 is 22.9 Å². The van der Waals surface area contributed by atoms with Gasteiger partial charge in [0.2, 0.25) is 5.91 Å². The average Bonchev–Trinajstić information content (AvgIpc) is 3.53. The van der Waals surface area contributed by atoms with E-state index in [1.54, 1.807) is 12.1 Å². The number of thiophene rings is 1. The normalized spacial score (nSPS) is 17.1. The molecule has 12 heteroatoms. The average molecular weight is 513 g/mol. The van der Waals surface area contributed by atoms with Gasteiger partial charge in [0.25, 0.3) is 18.2 Å². The Balaban J connectivity index is 1.45. The lowest BCUT2D eigenvalue weighted by molar-refractivity contribution is -0.125. The molecule has 1 saturated heterocycles. The second kappa shape index (κ2) is 10.8. The Labute approximate surface area is 203 Å². The third-order valence-corrected chi connectivity index (χ3v) is 6.63. The number of hydrogen-bond acceptors (Lipinski definition) is 6. The number of carbonyl (C=O) groups excluding carboxylic acids is 3. The van der Waals surface area contributed by atoms with Gasteiger partial charge in [-0.3, -0.25) is 14.4 Å². The molecule has 2 heterocycles. The van der Waals surface area contributed by atoms with Gasteiger partial charge in [-0.25, -0.2) is 8.78 Å². The molecule has 1 aliphatic carbocycles. The number of nitrogens with zero attached hydrogens (tertiary/aromatic N) is 1. The minimum Gasteiger partial charge on any atom is -0.370 e. The van der Waals surface area contributed by atoms with Crippen molar-refractivity contribution in [2.75, 3.05) is 36.5 Å². The first kappa shape index (κ1) is 24.5. The Kier molecular flexibility index (Phi) is 7.77. The molecule has 8 nitrogen and oxygen atoms in total. The summed E-state index contributed by atoms with van der Waals surface area (Å²) >= 11 is 7.00. The van der Waals surface area contributed by atoms with Gasteiger partial charge >= 0.3 is 0 Å². The highest BCUT2D eigenvalue weighted by Gasteiger charge is 2.30. The van der Waals surface area contributed by atoms with E-state index in [2.05, 4.69) is 16.0 Å². The molecule has 34 heavy (non-hydrogen) atoms. The topological polar surface area (TPSA) is 99.8 Å². The standard InChI is InChI=1S/C22H23ClF2N4O4S/c23-18-6-5-17(34-18)22(32)26-10-15(27-12-1-2-12)21(31)28-13-3-4-16(14(9-13)20(24)25)29-7-8-33-11-19(29)30/h3-6,9,12,15,20,27H,1-2,7-8,10-11H2,(H,26,32)(H,28,31)/t15-/m1/s1. The summed E-state index contributed by atoms with van der Waals surface area (Å²) in [4.78, 5) is 39.1. The number of ether oxygens (including phenoxy) is 1.